The van der Waals surface area contributed by atoms with Gasteiger partial charge in [-0.05, 0) is 62.4 Å². The first-order chi connectivity index (χ1) is 13.8. The van der Waals surface area contributed by atoms with Gasteiger partial charge in [0.05, 0.1) is 5.02 Å². The van der Waals surface area contributed by atoms with Gasteiger partial charge in [0.15, 0.2) is 6.61 Å². The first kappa shape index (κ1) is 21.6. The van der Waals surface area contributed by atoms with E-state index >= 15 is 0 Å². The molecule has 29 heavy (non-hydrogen) atoms. The Morgan fingerprint density at radius 3 is 2.59 bits per heavy atom. The monoisotopic (exact) mass is 430 g/mol. The quantitative estimate of drug-likeness (QED) is 0.646. The molecule has 1 aliphatic heterocycles. The van der Waals surface area contributed by atoms with Gasteiger partial charge in [-0.1, -0.05) is 48.4 Å². The Morgan fingerprint density at radius 2 is 1.93 bits per heavy atom. The smallest absolute Gasteiger partial charge is 0.262 e. The molecule has 1 N–H and O–H groups in total. The molecule has 1 fully saturated rings. The Balaban J connectivity index is 1.57. The summed E-state index contributed by atoms with van der Waals surface area (Å²) < 4.78 is 5.63. The lowest BCUT2D eigenvalue weighted by Crippen LogP contribution is -2.37. The van der Waals surface area contributed by atoms with E-state index in [1.807, 2.05) is 44.2 Å². The Bertz CT molecular complexity index is 908. The third-order valence-electron chi connectivity index (χ3n) is 5.26. The zero-order chi connectivity index (χ0) is 21.0. The molecule has 2 aromatic rings. The number of thiocarbonyl (C=S) groups is 1. The molecule has 0 atom stereocenters. The summed E-state index contributed by atoms with van der Waals surface area (Å²) >= 11 is 12.0. The highest BCUT2D eigenvalue weighted by Gasteiger charge is 2.19. The van der Waals surface area contributed by atoms with E-state index in [-0.39, 0.29) is 12.5 Å². The van der Waals surface area contributed by atoms with Gasteiger partial charge in [0.25, 0.3) is 5.91 Å². The summed E-state index contributed by atoms with van der Waals surface area (Å²) in [4.78, 5) is 15.3. The maximum Gasteiger partial charge on any atom is 0.262 e. The van der Waals surface area contributed by atoms with Crippen LogP contribution in [0, 0.1) is 19.8 Å². The third-order valence-corrected chi connectivity index (χ3v) is 6.05. The van der Waals surface area contributed by atoms with Crippen LogP contribution < -0.4 is 10.1 Å². The van der Waals surface area contributed by atoms with Gasteiger partial charge in [0.1, 0.15) is 10.7 Å². The van der Waals surface area contributed by atoms with Crippen LogP contribution in [0.1, 0.15) is 36.5 Å². The van der Waals surface area contributed by atoms with Crippen molar-refractivity contribution in [3.8, 4) is 5.75 Å². The normalized spacial score (nSPS) is 14.6. The van der Waals surface area contributed by atoms with Crippen LogP contribution in [-0.4, -0.2) is 35.5 Å². The number of benzene rings is 2. The lowest BCUT2D eigenvalue weighted by molar-refractivity contribution is -0.118. The molecule has 0 bridgehead atoms. The van der Waals surface area contributed by atoms with Crippen LogP contribution in [0.4, 0.5) is 5.69 Å². The first-order valence-corrected chi connectivity index (χ1v) is 10.7. The zero-order valence-corrected chi connectivity index (χ0v) is 18.7. The summed E-state index contributed by atoms with van der Waals surface area (Å²) in [7, 11) is 0. The van der Waals surface area contributed by atoms with Crippen LogP contribution >= 0.6 is 23.8 Å². The van der Waals surface area contributed by atoms with Gasteiger partial charge >= 0.3 is 0 Å². The number of rotatable bonds is 5. The number of aryl methyl sites for hydroxylation is 2. The van der Waals surface area contributed by atoms with E-state index in [0.717, 1.165) is 59.2 Å². The first-order valence-electron chi connectivity index (χ1n) is 9.92. The maximum absolute atomic E-state index is 12.2. The molecule has 0 unspecified atom stereocenters. The summed E-state index contributed by atoms with van der Waals surface area (Å²) in [6.07, 6.45) is 2.31. The van der Waals surface area contributed by atoms with E-state index in [9.17, 15) is 4.79 Å². The number of nitrogens with one attached hydrogen (secondary N) is 1. The average molecular weight is 431 g/mol. The van der Waals surface area contributed by atoms with Crippen molar-refractivity contribution in [2.24, 2.45) is 5.92 Å². The third kappa shape index (κ3) is 5.71. The molecule has 0 aromatic heterocycles. The lowest BCUT2D eigenvalue weighted by atomic mass is 9.99. The SMILES string of the molecule is Cc1ccc(NC(=O)COc2ccc(C(=S)N3CCC(C)CC3)cc2Cl)c(C)c1. The Morgan fingerprint density at radius 1 is 1.21 bits per heavy atom. The highest BCUT2D eigenvalue weighted by atomic mass is 35.5. The Kier molecular flexibility index (Phi) is 7.14. The number of piperidine rings is 1. The highest BCUT2D eigenvalue weighted by molar-refractivity contribution is 7.80. The number of amides is 1. The highest BCUT2D eigenvalue weighted by Crippen LogP contribution is 2.27. The summed E-state index contributed by atoms with van der Waals surface area (Å²) in [5.41, 5.74) is 3.86. The van der Waals surface area contributed by atoms with Crippen molar-refractivity contribution >= 4 is 40.4 Å². The Hall–Kier alpha value is -2.11. The van der Waals surface area contributed by atoms with Gasteiger partial charge in [-0.3, -0.25) is 4.79 Å². The summed E-state index contributed by atoms with van der Waals surface area (Å²) in [6, 6.07) is 11.4. The van der Waals surface area contributed by atoms with E-state index in [2.05, 4.69) is 17.1 Å². The van der Waals surface area contributed by atoms with E-state index in [1.165, 1.54) is 0 Å². The zero-order valence-electron chi connectivity index (χ0n) is 17.1. The minimum Gasteiger partial charge on any atom is -0.482 e. The lowest BCUT2D eigenvalue weighted by Gasteiger charge is -2.32. The number of hydrogen-bond donors (Lipinski definition) is 1. The largest absolute Gasteiger partial charge is 0.482 e. The van der Waals surface area contributed by atoms with E-state index in [0.29, 0.717) is 10.8 Å². The molecule has 2 aromatic carbocycles. The second-order valence-electron chi connectivity index (χ2n) is 7.78. The second-order valence-corrected chi connectivity index (χ2v) is 8.57. The molecular weight excluding hydrogens is 404 g/mol. The van der Waals surface area contributed by atoms with E-state index in [4.69, 9.17) is 28.6 Å². The fourth-order valence-corrected chi connectivity index (χ4v) is 3.97. The van der Waals surface area contributed by atoms with Crippen LogP contribution in [0.15, 0.2) is 36.4 Å². The number of carbonyl (C=O) groups is 1. The summed E-state index contributed by atoms with van der Waals surface area (Å²) in [5.74, 6) is 1.000. The number of nitrogens with zero attached hydrogens (tertiary/aromatic N) is 1. The van der Waals surface area contributed by atoms with Crippen LogP contribution in [0.25, 0.3) is 0 Å². The fourth-order valence-electron chi connectivity index (χ4n) is 3.43. The van der Waals surface area contributed by atoms with Crippen molar-refractivity contribution < 1.29 is 9.53 Å². The number of carbonyl (C=O) groups excluding carboxylic acids is 1. The van der Waals surface area contributed by atoms with Gasteiger partial charge in [-0.25, -0.2) is 0 Å². The minimum atomic E-state index is -0.227. The average Bonchev–Trinajstić information content (AvgIpc) is 2.69. The molecular formula is C23H27ClN2O2S. The molecule has 3 rings (SSSR count). The van der Waals surface area contributed by atoms with Gasteiger partial charge in [-0.15, -0.1) is 0 Å². The number of likely N-dealkylation sites (tertiary alicyclic amines) is 1. The van der Waals surface area contributed by atoms with Crippen molar-refractivity contribution in [1.82, 2.24) is 4.90 Å². The molecule has 0 spiro atoms. The second kappa shape index (κ2) is 9.59. The number of ether oxygens (including phenoxy) is 1. The van der Waals surface area contributed by atoms with Crippen LogP contribution in [0.2, 0.25) is 5.02 Å². The molecule has 4 nitrogen and oxygen atoms in total. The molecule has 1 heterocycles. The van der Waals surface area contributed by atoms with Crippen LogP contribution in [-0.2, 0) is 4.79 Å². The number of hydrogen-bond acceptors (Lipinski definition) is 3. The molecule has 6 heteroatoms. The molecule has 1 aliphatic rings. The van der Waals surface area contributed by atoms with Crippen molar-refractivity contribution in [3.05, 3.63) is 58.1 Å². The predicted molar refractivity (Wildman–Crippen MR) is 123 cm³/mol. The van der Waals surface area contributed by atoms with Crippen molar-refractivity contribution in [1.29, 1.82) is 0 Å². The molecule has 154 valence electrons. The molecule has 1 amide bonds. The topological polar surface area (TPSA) is 41.6 Å². The van der Waals surface area contributed by atoms with Gasteiger partial charge in [0.2, 0.25) is 0 Å². The molecule has 1 saturated heterocycles. The van der Waals surface area contributed by atoms with E-state index < -0.39 is 0 Å². The summed E-state index contributed by atoms with van der Waals surface area (Å²) in [6.45, 7) is 8.11. The maximum atomic E-state index is 12.2. The molecule has 0 aliphatic carbocycles. The minimum absolute atomic E-state index is 0.110. The van der Waals surface area contributed by atoms with Crippen molar-refractivity contribution in [2.45, 2.75) is 33.6 Å². The number of anilines is 1. The van der Waals surface area contributed by atoms with Crippen LogP contribution in [0.3, 0.4) is 0 Å². The molecule has 0 saturated carbocycles. The standard InChI is InChI=1S/C23H27ClN2O2S/c1-15-8-10-26(11-9-15)23(29)18-5-7-21(19(24)13-18)28-14-22(27)25-20-6-4-16(2)12-17(20)3/h4-7,12-13,15H,8-11,14H2,1-3H3,(H,25,27). The fraction of sp³-hybridized carbons (Fsp3) is 0.391. The van der Waals surface area contributed by atoms with Crippen LogP contribution in [0.5, 0.6) is 5.75 Å². The van der Waals surface area contributed by atoms with Crippen molar-refractivity contribution in [3.63, 3.8) is 0 Å². The van der Waals surface area contributed by atoms with Gasteiger partial charge in [0, 0.05) is 24.3 Å². The van der Waals surface area contributed by atoms with Gasteiger partial charge in [-0.2, -0.15) is 0 Å². The molecule has 0 radical (unpaired) electrons. The Labute approximate surface area is 183 Å². The van der Waals surface area contributed by atoms with E-state index in [1.54, 1.807) is 6.07 Å². The summed E-state index contributed by atoms with van der Waals surface area (Å²) in [5, 5.41) is 3.32. The van der Waals surface area contributed by atoms with Gasteiger partial charge < -0.3 is 15.0 Å². The van der Waals surface area contributed by atoms with Crippen molar-refractivity contribution in [2.75, 3.05) is 25.0 Å². The number of halogens is 1. The predicted octanol–water partition coefficient (Wildman–Crippen LogP) is 5.38.